The molecule has 0 aliphatic rings. The van der Waals surface area contributed by atoms with Crippen molar-refractivity contribution in [3.05, 3.63) is 23.8 Å². The van der Waals surface area contributed by atoms with Gasteiger partial charge in [-0.15, -0.1) is 0 Å². The highest BCUT2D eigenvalue weighted by Crippen LogP contribution is 2.29. The summed E-state index contributed by atoms with van der Waals surface area (Å²) in [6, 6.07) is 4.74. The SMILES string of the molecule is COc1ccc(C(C)NC(=O)[C@H](N)C(C)(C)C)c(OC)c1. The summed E-state index contributed by atoms with van der Waals surface area (Å²) >= 11 is 0. The second-order valence-electron chi connectivity index (χ2n) is 6.18. The molecule has 5 heteroatoms. The van der Waals surface area contributed by atoms with Crippen molar-refractivity contribution in [3.8, 4) is 11.5 Å². The zero-order valence-corrected chi connectivity index (χ0v) is 13.7. The van der Waals surface area contributed by atoms with Crippen molar-refractivity contribution in [1.82, 2.24) is 5.32 Å². The number of methoxy groups -OCH3 is 2. The van der Waals surface area contributed by atoms with E-state index in [-0.39, 0.29) is 17.4 Å². The van der Waals surface area contributed by atoms with Crippen molar-refractivity contribution in [3.63, 3.8) is 0 Å². The molecular formula is C16H26N2O3. The lowest BCUT2D eigenvalue weighted by atomic mass is 9.86. The zero-order valence-electron chi connectivity index (χ0n) is 13.7. The van der Waals surface area contributed by atoms with Crippen molar-refractivity contribution in [2.24, 2.45) is 11.1 Å². The molecule has 5 nitrogen and oxygen atoms in total. The molecule has 1 aromatic carbocycles. The number of amides is 1. The molecule has 0 aliphatic heterocycles. The van der Waals surface area contributed by atoms with Crippen molar-refractivity contribution in [2.75, 3.05) is 14.2 Å². The van der Waals surface area contributed by atoms with Crippen LogP contribution in [-0.4, -0.2) is 26.2 Å². The average Bonchev–Trinajstić information content (AvgIpc) is 2.44. The highest BCUT2D eigenvalue weighted by Gasteiger charge is 2.28. The topological polar surface area (TPSA) is 73.6 Å². The Bertz CT molecular complexity index is 495. The van der Waals surface area contributed by atoms with Gasteiger partial charge in [-0.05, 0) is 24.5 Å². The van der Waals surface area contributed by atoms with Gasteiger partial charge in [0.25, 0.3) is 0 Å². The van der Waals surface area contributed by atoms with Crippen LogP contribution in [0.1, 0.15) is 39.3 Å². The number of hydrogen-bond donors (Lipinski definition) is 2. The minimum Gasteiger partial charge on any atom is -0.497 e. The summed E-state index contributed by atoms with van der Waals surface area (Å²) < 4.78 is 10.5. The van der Waals surface area contributed by atoms with Crippen molar-refractivity contribution in [2.45, 2.75) is 39.8 Å². The normalized spacial score (nSPS) is 14.2. The Morgan fingerprint density at radius 1 is 1.24 bits per heavy atom. The van der Waals surface area contributed by atoms with Crippen molar-refractivity contribution >= 4 is 5.91 Å². The number of nitrogens with two attached hydrogens (primary N) is 1. The number of nitrogens with one attached hydrogen (secondary N) is 1. The molecule has 0 aliphatic carbocycles. The van der Waals surface area contributed by atoms with E-state index >= 15 is 0 Å². The van der Waals surface area contributed by atoms with Crippen LogP contribution in [0.4, 0.5) is 0 Å². The molecule has 118 valence electrons. The zero-order chi connectivity index (χ0) is 16.2. The summed E-state index contributed by atoms with van der Waals surface area (Å²) in [4.78, 5) is 12.2. The number of rotatable bonds is 5. The number of ether oxygens (including phenoxy) is 2. The van der Waals surface area contributed by atoms with Gasteiger partial charge >= 0.3 is 0 Å². The van der Waals surface area contributed by atoms with E-state index in [2.05, 4.69) is 5.32 Å². The molecule has 2 atom stereocenters. The minimum absolute atomic E-state index is 0.173. The van der Waals surface area contributed by atoms with E-state index in [1.165, 1.54) is 0 Å². The maximum Gasteiger partial charge on any atom is 0.237 e. The summed E-state index contributed by atoms with van der Waals surface area (Å²) in [5, 5.41) is 2.93. The van der Waals surface area contributed by atoms with Crippen LogP contribution in [0.3, 0.4) is 0 Å². The van der Waals surface area contributed by atoms with Crippen LogP contribution in [0, 0.1) is 5.41 Å². The van der Waals surface area contributed by atoms with E-state index < -0.39 is 6.04 Å². The van der Waals surface area contributed by atoms with Gasteiger partial charge < -0.3 is 20.5 Å². The van der Waals surface area contributed by atoms with Gasteiger partial charge in [0.05, 0.1) is 26.3 Å². The Kier molecular flexibility index (Phi) is 5.61. The standard InChI is InChI=1S/C16H26N2O3/c1-10(18-15(19)14(17)16(2,3)4)12-8-7-11(20-5)9-13(12)21-6/h7-10,14H,17H2,1-6H3,(H,18,19)/t10?,14-/m0/s1. The second kappa shape index (κ2) is 6.80. The Hall–Kier alpha value is -1.75. The Morgan fingerprint density at radius 2 is 1.86 bits per heavy atom. The lowest BCUT2D eigenvalue weighted by Gasteiger charge is -2.27. The predicted octanol–water partition coefficient (Wildman–Crippen LogP) is 2.25. The smallest absolute Gasteiger partial charge is 0.237 e. The largest absolute Gasteiger partial charge is 0.497 e. The van der Waals surface area contributed by atoms with Crippen LogP contribution >= 0.6 is 0 Å². The summed E-state index contributed by atoms with van der Waals surface area (Å²) in [6.07, 6.45) is 0. The molecule has 0 saturated heterocycles. The molecule has 0 bridgehead atoms. The van der Waals surface area contributed by atoms with Gasteiger partial charge in [0.1, 0.15) is 11.5 Å². The molecular weight excluding hydrogens is 268 g/mol. The van der Waals surface area contributed by atoms with Gasteiger partial charge in [0.2, 0.25) is 5.91 Å². The van der Waals surface area contributed by atoms with Gasteiger partial charge in [-0.1, -0.05) is 20.8 Å². The van der Waals surface area contributed by atoms with Crippen LogP contribution in [0.15, 0.2) is 18.2 Å². The van der Waals surface area contributed by atoms with E-state index in [0.29, 0.717) is 11.5 Å². The molecule has 0 heterocycles. The summed E-state index contributed by atoms with van der Waals surface area (Å²) in [6.45, 7) is 7.72. The second-order valence-corrected chi connectivity index (χ2v) is 6.18. The maximum atomic E-state index is 12.2. The predicted molar refractivity (Wildman–Crippen MR) is 83.5 cm³/mol. The van der Waals surface area contributed by atoms with Gasteiger partial charge in [-0.3, -0.25) is 4.79 Å². The molecule has 3 N–H and O–H groups in total. The fraction of sp³-hybridized carbons (Fsp3) is 0.562. The lowest BCUT2D eigenvalue weighted by molar-refractivity contribution is -0.125. The van der Waals surface area contributed by atoms with Gasteiger partial charge in [-0.25, -0.2) is 0 Å². The van der Waals surface area contributed by atoms with Crippen molar-refractivity contribution in [1.29, 1.82) is 0 Å². The molecule has 1 rings (SSSR count). The van der Waals surface area contributed by atoms with Crippen LogP contribution in [0.25, 0.3) is 0 Å². The third-order valence-corrected chi connectivity index (χ3v) is 3.48. The first-order chi connectivity index (χ1) is 9.70. The molecule has 21 heavy (non-hydrogen) atoms. The number of carbonyl (C=O) groups excluding carboxylic acids is 1. The molecule has 0 aromatic heterocycles. The fourth-order valence-electron chi connectivity index (χ4n) is 1.95. The van der Waals surface area contributed by atoms with Crippen LogP contribution in [-0.2, 0) is 4.79 Å². The van der Waals surface area contributed by atoms with Gasteiger partial charge in [0.15, 0.2) is 0 Å². The van der Waals surface area contributed by atoms with E-state index in [9.17, 15) is 4.79 Å². The molecule has 0 radical (unpaired) electrons. The van der Waals surface area contributed by atoms with E-state index in [4.69, 9.17) is 15.2 Å². The molecule has 0 saturated carbocycles. The molecule has 1 unspecified atom stereocenters. The van der Waals surface area contributed by atoms with E-state index in [1.807, 2.05) is 39.8 Å². The molecule has 0 fully saturated rings. The van der Waals surface area contributed by atoms with Crippen molar-refractivity contribution < 1.29 is 14.3 Å². The molecule has 0 spiro atoms. The first kappa shape index (κ1) is 17.3. The highest BCUT2D eigenvalue weighted by atomic mass is 16.5. The van der Waals surface area contributed by atoms with Crippen LogP contribution < -0.4 is 20.5 Å². The Labute approximate surface area is 126 Å². The Balaban J connectivity index is 2.89. The molecule has 1 aromatic rings. The van der Waals surface area contributed by atoms with Gasteiger partial charge in [0, 0.05) is 11.6 Å². The van der Waals surface area contributed by atoms with E-state index in [1.54, 1.807) is 20.3 Å². The third kappa shape index (κ3) is 4.36. The number of hydrogen-bond acceptors (Lipinski definition) is 4. The summed E-state index contributed by atoms with van der Waals surface area (Å²) in [5.41, 5.74) is 6.57. The first-order valence-electron chi connectivity index (χ1n) is 6.98. The third-order valence-electron chi connectivity index (χ3n) is 3.48. The van der Waals surface area contributed by atoms with Crippen LogP contribution in [0.5, 0.6) is 11.5 Å². The number of benzene rings is 1. The molecule has 1 amide bonds. The minimum atomic E-state index is -0.566. The monoisotopic (exact) mass is 294 g/mol. The highest BCUT2D eigenvalue weighted by molar-refractivity contribution is 5.82. The quantitative estimate of drug-likeness (QED) is 0.873. The average molecular weight is 294 g/mol. The van der Waals surface area contributed by atoms with Gasteiger partial charge in [-0.2, -0.15) is 0 Å². The fourth-order valence-corrected chi connectivity index (χ4v) is 1.95. The summed E-state index contributed by atoms with van der Waals surface area (Å²) in [5.74, 6) is 1.21. The number of carbonyl (C=O) groups is 1. The first-order valence-corrected chi connectivity index (χ1v) is 6.98. The maximum absolute atomic E-state index is 12.2. The van der Waals surface area contributed by atoms with Crippen LogP contribution in [0.2, 0.25) is 0 Å². The Morgan fingerprint density at radius 3 is 2.33 bits per heavy atom. The lowest BCUT2D eigenvalue weighted by Crippen LogP contribution is -2.49. The van der Waals surface area contributed by atoms with E-state index in [0.717, 1.165) is 5.56 Å². The summed E-state index contributed by atoms with van der Waals surface area (Å²) in [7, 11) is 3.19.